The van der Waals surface area contributed by atoms with Crippen LogP contribution in [0, 0.1) is 0 Å². The lowest BCUT2D eigenvalue weighted by atomic mass is 10.1. The Balaban J connectivity index is 1.28. The van der Waals surface area contributed by atoms with Gasteiger partial charge in [0.05, 0.1) is 0 Å². The molecule has 2 aliphatic rings. The normalized spacial score (nSPS) is 18.7. The van der Waals surface area contributed by atoms with Crippen LogP contribution in [0.1, 0.15) is 34.3 Å². The van der Waals surface area contributed by atoms with Crippen molar-refractivity contribution in [1.29, 1.82) is 0 Å². The molecule has 2 fully saturated rings. The minimum atomic E-state index is 0.169. The Hall–Kier alpha value is -2.17. The molecule has 0 unspecified atom stereocenters. The Labute approximate surface area is 162 Å². The van der Waals surface area contributed by atoms with E-state index in [9.17, 15) is 4.79 Å². The lowest BCUT2D eigenvalue weighted by Gasteiger charge is -2.34. The van der Waals surface area contributed by atoms with E-state index < -0.39 is 0 Å². The number of rotatable bonds is 5. The SMILES string of the molecule is O=C(c1ccc(CN2CCCC2)cc1)N1CCN(Cc2ccccc2)CC1. The van der Waals surface area contributed by atoms with Crippen molar-refractivity contribution in [2.45, 2.75) is 25.9 Å². The fourth-order valence-electron chi connectivity index (χ4n) is 4.08. The van der Waals surface area contributed by atoms with Crippen LogP contribution in [-0.4, -0.2) is 59.9 Å². The summed E-state index contributed by atoms with van der Waals surface area (Å²) in [6.07, 6.45) is 2.62. The van der Waals surface area contributed by atoms with Crippen molar-refractivity contribution in [3.05, 3.63) is 71.3 Å². The van der Waals surface area contributed by atoms with E-state index in [0.29, 0.717) is 0 Å². The zero-order valence-electron chi connectivity index (χ0n) is 16.0. The highest BCUT2D eigenvalue weighted by Gasteiger charge is 2.22. The maximum absolute atomic E-state index is 12.8. The Morgan fingerprint density at radius 3 is 1.85 bits per heavy atom. The molecular weight excluding hydrogens is 334 g/mol. The molecule has 2 aromatic rings. The van der Waals surface area contributed by atoms with Crippen LogP contribution in [0.5, 0.6) is 0 Å². The average Bonchev–Trinajstić information content (AvgIpc) is 3.22. The molecule has 2 aromatic carbocycles. The van der Waals surface area contributed by atoms with E-state index >= 15 is 0 Å². The van der Waals surface area contributed by atoms with Crippen molar-refractivity contribution in [2.75, 3.05) is 39.3 Å². The van der Waals surface area contributed by atoms with E-state index in [1.165, 1.54) is 37.1 Å². The largest absolute Gasteiger partial charge is 0.336 e. The minimum Gasteiger partial charge on any atom is -0.336 e. The van der Waals surface area contributed by atoms with Crippen molar-refractivity contribution < 1.29 is 4.79 Å². The summed E-state index contributed by atoms with van der Waals surface area (Å²) in [6, 6.07) is 18.8. The molecule has 0 aromatic heterocycles. The molecule has 4 heteroatoms. The molecule has 2 aliphatic heterocycles. The molecule has 0 N–H and O–H groups in total. The third-order valence-electron chi connectivity index (χ3n) is 5.71. The fourth-order valence-corrected chi connectivity index (χ4v) is 4.08. The molecule has 4 nitrogen and oxygen atoms in total. The number of carbonyl (C=O) groups excluding carboxylic acids is 1. The van der Waals surface area contributed by atoms with Crippen LogP contribution in [0.25, 0.3) is 0 Å². The van der Waals surface area contributed by atoms with Gasteiger partial charge >= 0.3 is 0 Å². The number of carbonyl (C=O) groups is 1. The van der Waals surface area contributed by atoms with Gasteiger partial charge in [0.25, 0.3) is 5.91 Å². The Morgan fingerprint density at radius 1 is 0.667 bits per heavy atom. The minimum absolute atomic E-state index is 0.169. The van der Waals surface area contributed by atoms with Crippen LogP contribution in [0.3, 0.4) is 0 Å². The molecule has 0 aliphatic carbocycles. The van der Waals surface area contributed by atoms with Crippen LogP contribution in [0.15, 0.2) is 54.6 Å². The van der Waals surface area contributed by atoms with Gasteiger partial charge in [0.15, 0.2) is 0 Å². The van der Waals surface area contributed by atoms with Crippen molar-refractivity contribution in [2.24, 2.45) is 0 Å². The molecule has 4 rings (SSSR count). The second-order valence-corrected chi connectivity index (χ2v) is 7.73. The smallest absolute Gasteiger partial charge is 0.253 e. The molecule has 0 bridgehead atoms. The summed E-state index contributed by atoms with van der Waals surface area (Å²) < 4.78 is 0. The van der Waals surface area contributed by atoms with E-state index in [2.05, 4.69) is 52.3 Å². The van der Waals surface area contributed by atoms with E-state index in [1.54, 1.807) is 0 Å². The number of hydrogen-bond donors (Lipinski definition) is 0. The van der Waals surface area contributed by atoms with Gasteiger partial charge in [-0.2, -0.15) is 0 Å². The highest BCUT2D eigenvalue weighted by Crippen LogP contribution is 2.15. The Bertz CT molecular complexity index is 730. The molecule has 142 valence electrons. The summed E-state index contributed by atoms with van der Waals surface area (Å²) >= 11 is 0. The summed E-state index contributed by atoms with van der Waals surface area (Å²) in [6.45, 7) is 7.87. The van der Waals surface area contributed by atoms with Gasteiger partial charge in [-0.1, -0.05) is 42.5 Å². The highest BCUT2D eigenvalue weighted by molar-refractivity contribution is 5.94. The molecule has 0 radical (unpaired) electrons. The van der Waals surface area contributed by atoms with Gasteiger partial charge in [0, 0.05) is 44.8 Å². The first-order valence-corrected chi connectivity index (χ1v) is 10.1. The number of piperazine rings is 1. The van der Waals surface area contributed by atoms with E-state index in [1.807, 2.05) is 17.0 Å². The molecule has 2 saturated heterocycles. The number of nitrogens with zero attached hydrogens (tertiary/aromatic N) is 3. The predicted octanol–water partition coefficient (Wildman–Crippen LogP) is 3.24. The lowest BCUT2D eigenvalue weighted by Crippen LogP contribution is -2.48. The number of benzene rings is 2. The summed E-state index contributed by atoms with van der Waals surface area (Å²) in [5.74, 6) is 0.169. The zero-order valence-corrected chi connectivity index (χ0v) is 16.0. The van der Waals surface area contributed by atoms with E-state index in [-0.39, 0.29) is 5.91 Å². The molecule has 2 heterocycles. The number of hydrogen-bond acceptors (Lipinski definition) is 3. The highest BCUT2D eigenvalue weighted by atomic mass is 16.2. The molecule has 0 atom stereocenters. The topological polar surface area (TPSA) is 26.8 Å². The first-order valence-electron chi connectivity index (χ1n) is 10.1. The summed E-state index contributed by atoms with van der Waals surface area (Å²) in [5, 5.41) is 0. The van der Waals surface area contributed by atoms with Crippen LogP contribution in [0.2, 0.25) is 0 Å². The standard InChI is InChI=1S/C23H29N3O/c27-23(22-10-8-21(9-11-22)19-24-12-4-5-13-24)26-16-14-25(15-17-26)18-20-6-2-1-3-7-20/h1-3,6-11H,4-5,12-19H2. The Morgan fingerprint density at radius 2 is 1.22 bits per heavy atom. The van der Waals surface area contributed by atoms with Crippen molar-refractivity contribution >= 4 is 5.91 Å². The zero-order chi connectivity index (χ0) is 18.5. The van der Waals surface area contributed by atoms with Crippen LogP contribution < -0.4 is 0 Å². The predicted molar refractivity (Wildman–Crippen MR) is 109 cm³/mol. The molecule has 1 amide bonds. The van der Waals surface area contributed by atoms with Crippen LogP contribution >= 0.6 is 0 Å². The van der Waals surface area contributed by atoms with Gasteiger partial charge < -0.3 is 4.90 Å². The molecule has 0 spiro atoms. The second kappa shape index (κ2) is 8.68. The van der Waals surface area contributed by atoms with Crippen molar-refractivity contribution in [3.63, 3.8) is 0 Å². The Kier molecular flexibility index (Phi) is 5.85. The van der Waals surface area contributed by atoms with Crippen molar-refractivity contribution in [3.8, 4) is 0 Å². The van der Waals surface area contributed by atoms with E-state index in [4.69, 9.17) is 0 Å². The van der Waals surface area contributed by atoms with E-state index in [0.717, 1.165) is 44.8 Å². The quantitative estimate of drug-likeness (QED) is 0.816. The van der Waals surface area contributed by atoms with Crippen LogP contribution in [0.4, 0.5) is 0 Å². The molecule has 27 heavy (non-hydrogen) atoms. The second-order valence-electron chi connectivity index (χ2n) is 7.73. The van der Waals surface area contributed by atoms with Gasteiger partial charge in [-0.05, 0) is 49.2 Å². The molecular formula is C23H29N3O. The number of amides is 1. The summed E-state index contributed by atoms with van der Waals surface area (Å²) in [4.78, 5) is 19.7. The van der Waals surface area contributed by atoms with Gasteiger partial charge in [-0.3, -0.25) is 14.6 Å². The molecule has 0 saturated carbocycles. The third kappa shape index (κ3) is 4.76. The lowest BCUT2D eigenvalue weighted by molar-refractivity contribution is 0.0628. The fraction of sp³-hybridized carbons (Fsp3) is 0.435. The third-order valence-corrected chi connectivity index (χ3v) is 5.71. The monoisotopic (exact) mass is 363 g/mol. The van der Waals surface area contributed by atoms with Gasteiger partial charge in [0.2, 0.25) is 0 Å². The van der Waals surface area contributed by atoms with Gasteiger partial charge in [-0.25, -0.2) is 0 Å². The first kappa shape index (κ1) is 18.2. The first-order chi connectivity index (χ1) is 13.3. The van der Waals surface area contributed by atoms with Gasteiger partial charge in [-0.15, -0.1) is 0 Å². The summed E-state index contributed by atoms with van der Waals surface area (Å²) in [5.41, 5.74) is 3.46. The number of likely N-dealkylation sites (tertiary alicyclic amines) is 1. The van der Waals surface area contributed by atoms with Crippen molar-refractivity contribution in [1.82, 2.24) is 14.7 Å². The maximum Gasteiger partial charge on any atom is 0.253 e. The summed E-state index contributed by atoms with van der Waals surface area (Å²) in [7, 11) is 0. The maximum atomic E-state index is 12.8. The van der Waals surface area contributed by atoms with Gasteiger partial charge in [0.1, 0.15) is 0 Å². The average molecular weight is 364 g/mol. The van der Waals surface area contributed by atoms with Crippen LogP contribution in [-0.2, 0) is 13.1 Å².